The predicted molar refractivity (Wildman–Crippen MR) is 71.6 cm³/mol. The number of hydrogen-bond donors (Lipinski definition) is 1. The van der Waals surface area contributed by atoms with Gasteiger partial charge >= 0.3 is 0 Å². The van der Waals surface area contributed by atoms with Crippen molar-refractivity contribution in [2.75, 3.05) is 5.01 Å². The molecule has 0 unspecified atom stereocenters. The number of carbonyl (C=O) groups excluding carboxylic acids is 1. The molecule has 0 aliphatic heterocycles. The molecule has 3 rings (SSSR count). The molecule has 5 nitrogen and oxygen atoms in total. The van der Waals surface area contributed by atoms with Crippen molar-refractivity contribution in [3.63, 3.8) is 0 Å². The Kier molecular flexibility index (Phi) is 2.76. The summed E-state index contributed by atoms with van der Waals surface area (Å²) in [6.07, 6.45) is 3.36. The number of nitrogens with zero attached hydrogens (tertiary/aromatic N) is 3. The molecule has 1 saturated carbocycles. The first-order valence-corrected chi connectivity index (χ1v) is 6.45. The Hall–Kier alpha value is -1.53. The zero-order valence-corrected chi connectivity index (χ0v) is 11.1. The van der Waals surface area contributed by atoms with Gasteiger partial charge in [-0.15, -0.1) is 0 Å². The molecule has 1 aliphatic carbocycles. The van der Waals surface area contributed by atoms with Crippen LogP contribution in [0.5, 0.6) is 0 Å². The van der Waals surface area contributed by atoms with E-state index in [4.69, 9.17) is 5.84 Å². The van der Waals surface area contributed by atoms with Crippen LogP contribution in [0.1, 0.15) is 12.8 Å². The first kappa shape index (κ1) is 11.6. The van der Waals surface area contributed by atoms with Crippen LogP contribution < -0.4 is 10.9 Å². The molecule has 1 fully saturated rings. The highest BCUT2D eigenvalue weighted by Crippen LogP contribution is 2.31. The van der Waals surface area contributed by atoms with E-state index < -0.39 is 0 Å². The zero-order valence-electron chi connectivity index (χ0n) is 9.51. The van der Waals surface area contributed by atoms with Crippen molar-refractivity contribution in [1.82, 2.24) is 9.97 Å². The second-order valence-electron chi connectivity index (χ2n) is 4.34. The minimum atomic E-state index is -0.0846. The molecule has 6 heteroatoms. The van der Waals surface area contributed by atoms with E-state index in [0.29, 0.717) is 11.3 Å². The Morgan fingerprint density at radius 3 is 2.89 bits per heavy atom. The number of hydrazine groups is 1. The van der Waals surface area contributed by atoms with Gasteiger partial charge in [0.05, 0.1) is 17.2 Å². The number of anilines is 1. The first-order chi connectivity index (χ1) is 8.65. The lowest BCUT2D eigenvalue weighted by Crippen LogP contribution is -2.39. The molecule has 0 spiro atoms. The van der Waals surface area contributed by atoms with E-state index in [2.05, 4.69) is 25.9 Å². The van der Waals surface area contributed by atoms with Gasteiger partial charge in [-0.3, -0.25) is 9.78 Å². The second-order valence-corrected chi connectivity index (χ2v) is 5.26. The summed E-state index contributed by atoms with van der Waals surface area (Å²) in [6, 6.07) is 5.60. The zero-order chi connectivity index (χ0) is 12.7. The number of fused-ring (bicyclic) bond motifs is 1. The molecule has 2 aromatic rings. The number of carbonyl (C=O) groups is 1. The molecule has 1 aliphatic rings. The van der Waals surface area contributed by atoms with Crippen molar-refractivity contribution in [1.29, 1.82) is 0 Å². The molecular weight excluding hydrogens is 296 g/mol. The fourth-order valence-electron chi connectivity index (χ4n) is 1.73. The van der Waals surface area contributed by atoms with Crippen LogP contribution in [-0.4, -0.2) is 15.9 Å². The highest BCUT2D eigenvalue weighted by molar-refractivity contribution is 9.10. The molecule has 18 heavy (non-hydrogen) atoms. The van der Waals surface area contributed by atoms with Gasteiger partial charge in [0.25, 0.3) is 0 Å². The van der Waals surface area contributed by atoms with Crippen molar-refractivity contribution < 1.29 is 4.79 Å². The highest BCUT2D eigenvalue weighted by atomic mass is 79.9. The van der Waals surface area contributed by atoms with E-state index in [0.717, 1.165) is 27.8 Å². The number of halogens is 1. The summed E-state index contributed by atoms with van der Waals surface area (Å²) in [5, 5.41) is 1.10. The van der Waals surface area contributed by atoms with E-state index in [1.54, 1.807) is 0 Å². The van der Waals surface area contributed by atoms with Gasteiger partial charge in [0.1, 0.15) is 0 Å². The van der Waals surface area contributed by atoms with Gasteiger partial charge in [-0.05, 0) is 31.0 Å². The average molecular weight is 307 g/mol. The monoisotopic (exact) mass is 306 g/mol. The quantitative estimate of drug-likeness (QED) is 0.523. The topological polar surface area (TPSA) is 72.1 Å². The average Bonchev–Trinajstić information content (AvgIpc) is 3.20. The van der Waals surface area contributed by atoms with E-state index in [-0.39, 0.29) is 11.8 Å². The summed E-state index contributed by atoms with van der Waals surface area (Å²) in [6.45, 7) is 0. The van der Waals surface area contributed by atoms with Crippen molar-refractivity contribution in [2.24, 2.45) is 11.8 Å². The number of amides is 1. The summed E-state index contributed by atoms with van der Waals surface area (Å²) in [5.74, 6) is 6.14. The normalized spacial score (nSPS) is 14.8. The first-order valence-electron chi connectivity index (χ1n) is 5.66. The maximum absolute atomic E-state index is 11.8. The fraction of sp³-hybridized carbons (Fsp3) is 0.250. The van der Waals surface area contributed by atoms with Crippen molar-refractivity contribution in [3.8, 4) is 0 Å². The van der Waals surface area contributed by atoms with Crippen LogP contribution in [0.4, 0.5) is 5.82 Å². The van der Waals surface area contributed by atoms with E-state index >= 15 is 0 Å². The highest BCUT2D eigenvalue weighted by Gasteiger charge is 2.33. The maximum Gasteiger partial charge on any atom is 0.245 e. The molecule has 1 aromatic heterocycles. The van der Waals surface area contributed by atoms with Crippen LogP contribution in [-0.2, 0) is 4.79 Å². The molecule has 0 radical (unpaired) electrons. The van der Waals surface area contributed by atoms with Gasteiger partial charge in [-0.1, -0.05) is 15.9 Å². The van der Waals surface area contributed by atoms with Gasteiger partial charge in [-0.2, -0.15) is 0 Å². The summed E-state index contributed by atoms with van der Waals surface area (Å²) >= 11 is 3.38. The minimum Gasteiger partial charge on any atom is -0.273 e. The Labute approximate surface area is 112 Å². The second kappa shape index (κ2) is 4.29. The third kappa shape index (κ3) is 2.09. The summed E-state index contributed by atoms with van der Waals surface area (Å²) in [5.41, 5.74) is 1.48. The molecular formula is C12H11BrN4O. The lowest BCUT2D eigenvalue weighted by atomic mass is 10.3. The Bertz CT molecular complexity index is 627. The summed E-state index contributed by atoms with van der Waals surface area (Å²) in [4.78, 5) is 20.4. The van der Waals surface area contributed by atoms with Crippen molar-refractivity contribution in [2.45, 2.75) is 12.8 Å². The molecule has 1 aromatic carbocycles. The Morgan fingerprint density at radius 2 is 2.17 bits per heavy atom. The molecule has 92 valence electrons. The largest absolute Gasteiger partial charge is 0.273 e. The van der Waals surface area contributed by atoms with Gasteiger partial charge in [0.2, 0.25) is 5.91 Å². The van der Waals surface area contributed by atoms with Gasteiger partial charge in [0, 0.05) is 10.4 Å². The van der Waals surface area contributed by atoms with Crippen LogP contribution in [0.3, 0.4) is 0 Å². The molecule has 1 heterocycles. The van der Waals surface area contributed by atoms with Crippen molar-refractivity contribution >= 4 is 38.7 Å². The van der Waals surface area contributed by atoms with Gasteiger partial charge in [0.15, 0.2) is 5.82 Å². The fourth-order valence-corrected chi connectivity index (χ4v) is 2.08. The lowest BCUT2D eigenvalue weighted by molar-refractivity contribution is -0.119. The van der Waals surface area contributed by atoms with Crippen LogP contribution >= 0.6 is 15.9 Å². The predicted octanol–water partition coefficient (Wildman–Crippen LogP) is 2.01. The smallest absolute Gasteiger partial charge is 0.245 e. The van der Waals surface area contributed by atoms with E-state index in [1.807, 2.05) is 18.2 Å². The van der Waals surface area contributed by atoms with Gasteiger partial charge < -0.3 is 0 Å². The molecule has 2 N–H and O–H groups in total. The Balaban J connectivity index is 1.98. The molecule has 0 atom stereocenters. The molecule has 0 saturated heterocycles. The number of benzene rings is 1. The minimum absolute atomic E-state index is 0.0648. The number of hydrogen-bond acceptors (Lipinski definition) is 4. The SMILES string of the molecule is NN(C(=O)C1CC1)c1cnc2ccc(Br)cc2n1. The lowest BCUT2D eigenvalue weighted by Gasteiger charge is -2.15. The van der Waals surface area contributed by atoms with Crippen LogP contribution in [0.25, 0.3) is 11.0 Å². The summed E-state index contributed by atoms with van der Waals surface area (Å²) < 4.78 is 0.915. The number of nitrogens with two attached hydrogens (primary N) is 1. The van der Waals surface area contributed by atoms with E-state index in [1.165, 1.54) is 6.20 Å². The third-order valence-corrected chi connectivity index (χ3v) is 3.40. The maximum atomic E-state index is 11.8. The molecule has 0 bridgehead atoms. The molecule has 1 amide bonds. The van der Waals surface area contributed by atoms with Crippen LogP contribution in [0.15, 0.2) is 28.9 Å². The van der Waals surface area contributed by atoms with Crippen LogP contribution in [0, 0.1) is 5.92 Å². The van der Waals surface area contributed by atoms with Crippen LogP contribution in [0.2, 0.25) is 0 Å². The van der Waals surface area contributed by atoms with Crippen molar-refractivity contribution in [3.05, 3.63) is 28.9 Å². The third-order valence-electron chi connectivity index (χ3n) is 2.90. The summed E-state index contributed by atoms with van der Waals surface area (Å²) in [7, 11) is 0. The number of rotatable bonds is 2. The number of aromatic nitrogens is 2. The van der Waals surface area contributed by atoms with Gasteiger partial charge in [-0.25, -0.2) is 15.8 Å². The Morgan fingerprint density at radius 1 is 1.39 bits per heavy atom. The van der Waals surface area contributed by atoms with E-state index in [9.17, 15) is 4.79 Å². The standard InChI is InChI=1S/C12H11BrN4O/c13-8-3-4-9-10(5-8)16-11(6-15-9)17(14)12(18)7-1-2-7/h3-7H,1-2,14H2.